The first-order valence-electron chi connectivity index (χ1n) is 10.8. The second kappa shape index (κ2) is 8.89. The summed E-state index contributed by atoms with van der Waals surface area (Å²) in [7, 11) is -2.60. The number of fused-ring (bicyclic) bond motifs is 1. The van der Waals surface area contributed by atoms with Crippen LogP contribution < -0.4 is 0 Å². The van der Waals surface area contributed by atoms with Crippen LogP contribution in [0, 0.1) is 0 Å². The zero-order chi connectivity index (χ0) is 22.8. The summed E-state index contributed by atoms with van der Waals surface area (Å²) in [5.41, 5.74) is 3.05. The van der Waals surface area contributed by atoms with Crippen LogP contribution in [-0.4, -0.2) is 20.4 Å². The Morgan fingerprint density at radius 2 is 1.70 bits per heavy atom. The molecule has 0 aliphatic heterocycles. The molecule has 0 amide bonds. The number of thiazole rings is 1. The molecule has 2 heterocycles. The first kappa shape index (κ1) is 21.5. The van der Waals surface area contributed by atoms with Crippen LogP contribution in [0.4, 0.5) is 5.82 Å². The van der Waals surface area contributed by atoms with E-state index in [1.54, 1.807) is 23.8 Å². The second-order valence-electron chi connectivity index (χ2n) is 7.78. The lowest BCUT2D eigenvalue weighted by Crippen LogP contribution is -1.96. The van der Waals surface area contributed by atoms with Crippen molar-refractivity contribution >= 4 is 37.7 Å². The maximum absolute atomic E-state index is 13.3. The smallest absolute Gasteiger partial charge is 0.162 e. The Balaban J connectivity index is 1.65. The Hall–Kier alpha value is -3.35. The van der Waals surface area contributed by atoms with E-state index in [9.17, 15) is 4.21 Å². The van der Waals surface area contributed by atoms with Crippen molar-refractivity contribution < 1.29 is 4.21 Å². The van der Waals surface area contributed by atoms with Gasteiger partial charge in [-0.15, -0.1) is 11.3 Å². The number of benzene rings is 3. The average molecular weight is 470 g/mol. The maximum atomic E-state index is 13.3. The van der Waals surface area contributed by atoms with Crippen LogP contribution in [-0.2, 0) is 16.1 Å². The van der Waals surface area contributed by atoms with E-state index < -0.39 is 9.73 Å². The topological polar surface area (TPSA) is 55.2 Å². The molecule has 4 nitrogen and oxygen atoms in total. The highest BCUT2D eigenvalue weighted by Gasteiger charge is 2.17. The number of rotatable bonds is 5. The molecule has 5 rings (SSSR count). The van der Waals surface area contributed by atoms with Gasteiger partial charge in [-0.2, -0.15) is 4.36 Å². The minimum absolute atomic E-state index is 0.458. The van der Waals surface area contributed by atoms with E-state index in [0.717, 1.165) is 33.1 Å². The largest absolute Gasteiger partial charge is 0.245 e. The summed E-state index contributed by atoms with van der Waals surface area (Å²) in [5, 5.41) is 3.44. The van der Waals surface area contributed by atoms with Gasteiger partial charge < -0.3 is 0 Å². The van der Waals surface area contributed by atoms with Crippen LogP contribution >= 0.6 is 11.3 Å². The van der Waals surface area contributed by atoms with Crippen LogP contribution in [0.25, 0.3) is 32.5 Å². The van der Waals surface area contributed by atoms with Crippen molar-refractivity contribution in [2.45, 2.75) is 18.2 Å². The van der Waals surface area contributed by atoms with Gasteiger partial charge in [-0.05, 0) is 47.0 Å². The number of aryl methyl sites for hydroxylation is 1. The van der Waals surface area contributed by atoms with Gasteiger partial charge in [0.25, 0.3) is 0 Å². The minimum Gasteiger partial charge on any atom is -0.245 e. The third-order valence-electron chi connectivity index (χ3n) is 5.47. The third-order valence-corrected chi connectivity index (χ3v) is 8.41. The molecule has 5 aromatic rings. The first-order chi connectivity index (χ1) is 16.0. The quantitative estimate of drug-likeness (QED) is 0.270. The van der Waals surface area contributed by atoms with Gasteiger partial charge in [0, 0.05) is 22.9 Å². The molecule has 1 unspecified atom stereocenters. The summed E-state index contributed by atoms with van der Waals surface area (Å²) >= 11 is 1.69. The molecule has 33 heavy (non-hydrogen) atoms. The lowest BCUT2D eigenvalue weighted by Gasteiger charge is -2.08. The highest BCUT2D eigenvalue weighted by atomic mass is 32.2. The van der Waals surface area contributed by atoms with Crippen molar-refractivity contribution in [1.82, 2.24) is 9.97 Å². The van der Waals surface area contributed by atoms with Crippen LogP contribution in [0.3, 0.4) is 0 Å². The molecule has 0 radical (unpaired) electrons. The number of nitrogens with zero attached hydrogens (tertiary/aromatic N) is 3. The van der Waals surface area contributed by atoms with E-state index >= 15 is 0 Å². The Kier molecular flexibility index (Phi) is 5.79. The van der Waals surface area contributed by atoms with Crippen molar-refractivity contribution in [3.05, 3.63) is 96.1 Å². The fourth-order valence-corrected chi connectivity index (χ4v) is 6.08. The Labute approximate surface area is 198 Å². The number of hydrogen-bond donors (Lipinski definition) is 0. The first-order valence-corrected chi connectivity index (χ1v) is 13.5. The van der Waals surface area contributed by atoms with E-state index in [1.165, 1.54) is 10.8 Å². The lowest BCUT2D eigenvalue weighted by atomic mass is 10.00. The number of pyridine rings is 1. The summed E-state index contributed by atoms with van der Waals surface area (Å²) in [4.78, 5) is 11.1. The molecular weight excluding hydrogens is 446 g/mol. The van der Waals surface area contributed by atoms with Crippen molar-refractivity contribution in [3.63, 3.8) is 0 Å². The molecule has 0 N–H and O–H groups in total. The van der Waals surface area contributed by atoms with Crippen molar-refractivity contribution in [2.24, 2.45) is 4.36 Å². The van der Waals surface area contributed by atoms with Gasteiger partial charge in [0.2, 0.25) is 0 Å². The van der Waals surface area contributed by atoms with E-state index in [4.69, 9.17) is 4.98 Å². The fourth-order valence-electron chi connectivity index (χ4n) is 3.84. The molecule has 0 spiro atoms. The van der Waals surface area contributed by atoms with Crippen LogP contribution in [0.5, 0.6) is 0 Å². The summed E-state index contributed by atoms with van der Waals surface area (Å²) in [6.45, 7) is 2.12. The average Bonchev–Trinajstić information content (AvgIpc) is 3.29. The molecule has 164 valence electrons. The SMILES string of the molecule is CCc1nc(-c2cccc3ccccc23)c(-c2ccnc(N=S(C)(=O)c3ccccc3)c2)s1. The van der Waals surface area contributed by atoms with Gasteiger partial charge in [0.15, 0.2) is 5.82 Å². The van der Waals surface area contributed by atoms with E-state index in [0.29, 0.717) is 10.7 Å². The second-order valence-corrected chi connectivity index (χ2v) is 11.1. The molecule has 6 heteroatoms. The summed E-state index contributed by atoms with van der Waals surface area (Å²) < 4.78 is 17.8. The van der Waals surface area contributed by atoms with Crippen LogP contribution in [0.2, 0.25) is 0 Å². The van der Waals surface area contributed by atoms with E-state index in [1.807, 2.05) is 42.5 Å². The Morgan fingerprint density at radius 1 is 0.939 bits per heavy atom. The molecule has 0 bridgehead atoms. The third kappa shape index (κ3) is 4.32. The van der Waals surface area contributed by atoms with Gasteiger partial charge in [0.1, 0.15) is 0 Å². The predicted molar refractivity (Wildman–Crippen MR) is 139 cm³/mol. The van der Waals surface area contributed by atoms with E-state index in [2.05, 4.69) is 58.7 Å². The molecule has 0 fully saturated rings. The molecule has 0 aliphatic carbocycles. The lowest BCUT2D eigenvalue weighted by molar-refractivity contribution is 0.680. The normalized spacial score (nSPS) is 13.0. The van der Waals surface area contributed by atoms with Crippen molar-refractivity contribution in [2.75, 3.05) is 6.26 Å². The van der Waals surface area contributed by atoms with Gasteiger partial charge in [-0.3, -0.25) is 0 Å². The molecule has 0 saturated heterocycles. The summed E-state index contributed by atoms with van der Waals surface area (Å²) in [5.74, 6) is 0.458. The number of aromatic nitrogens is 2. The maximum Gasteiger partial charge on any atom is 0.162 e. The van der Waals surface area contributed by atoms with Crippen LogP contribution in [0.15, 0.2) is 100 Å². The zero-order valence-corrected chi connectivity index (χ0v) is 20.1. The Morgan fingerprint density at radius 3 is 2.52 bits per heavy atom. The van der Waals surface area contributed by atoms with Gasteiger partial charge in [0.05, 0.1) is 25.3 Å². The monoisotopic (exact) mass is 469 g/mol. The molecule has 2 aromatic heterocycles. The summed E-state index contributed by atoms with van der Waals surface area (Å²) in [6.07, 6.45) is 4.24. The van der Waals surface area contributed by atoms with E-state index in [-0.39, 0.29) is 0 Å². The van der Waals surface area contributed by atoms with Gasteiger partial charge in [-0.1, -0.05) is 67.6 Å². The predicted octanol–water partition coefficient (Wildman–Crippen LogP) is 7.38. The zero-order valence-electron chi connectivity index (χ0n) is 18.4. The van der Waals surface area contributed by atoms with Crippen molar-refractivity contribution in [3.8, 4) is 21.7 Å². The van der Waals surface area contributed by atoms with Gasteiger partial charge >= 0.3 is 0 Å². The summed E-state index contributed by atoms with van der Waals surface area (Å²) in [6, 6.07) is 27.9. The molecule has 0 saturated carbocycles. The standard InChI is InChI=1S/C27H23N3OS2/c1-3-25-29-26(23-15-9-11-19-10-7-8-14-22(19)23)27(32-25)20-16-17-28-24(18-20)30-33(2,31)21-12-5-4-6-13-21/h4-18H,3H2,1-2H3. The highest BCUT2D eigenvalue weighted by molar-refractivity contribution is 7.93. The fraction of sp³-hybridized carbons (Fsp3) is 0.111. The molecule has 3 aromatic carbocycles. The minimum atomic E-state index is -2.60. The molecule has 1 atom stereocenters. The molecule has 0 aliphatic rings. The van der Waals surface area contributed by atoms with Crippen molar-refractivity contribution in [1.29, 1.82) is 0 Å². The Bertz CT molecular complexity index is 1560. The number of hydrogen-bond acceptors (Lipinski definition) is 5. The van der Waals surface area contributed by atoms with Gasteiger partial charge in [-0.25, -0.2) is 14.2 Å². The highest BCUT2D eigenvalue weighted by Crippen LogP contribution is 2.40. The van der Waals surface area contributed by atoms with Crippen LogP contribution in [0.1, 0.15) is 11.9 Å². The molecular formula is C27H23N3OS2.